The third-order valence-corrected chi connectivity index (χ3v) is 6.22. The summed E-state index contributed by atoms with van der Waals surface area (Å²) in [6.07, 6.45) is 5.31. The van der Waals surface area contributed by atoms with Crippen molar-refractivity contribution >= 4 is 11.7 Å². The Balaban J connectivity index is 1.34. The fourth-order valence-electron chi connectivity index (χ4n) is 4.39. The highest BCUT2D eigenvalue weighted by Crippen LogP contribution is 2.22. The van der Waals surface area contributed by atoms with E-state index in [1.807, 2.05) is 17.0 Å². The van der Waals surface area contributed by atoms with Gasteiger partial charge in [-0.2, -0.15) is 0 Å². The van der Waals surface area contributed by atoms with Gasteiger partial charge in [0.1, 0.15) is 5.82 Å². The van der Waals surface area contributed by atoms with Gasteiger partial charge in [0.2, 0.25) is 0 Å². The van der Waals surface area contributed by atoms with Gasteiger partial charge in [-0.15, -0.1) is 0 Å². The monoisotopic (exact) mass is 357 g/mol. The van der Waals surface area contributed by atoms with Gasteiger partial charge in [-0.3, -0.25) is 9.69 Å². The fourth-order valence-corrected chi connectivity index (χ4v) is 4.39. The minimum absolute atomic E-state index is 0.133. The lowest BCUT2D eigenvalue weighted by Crippen LogP contribution is -2.49. The highest BCUT2D eigenvalue weighted by molar-refractivity contribution is 5.94. The van der Waals surface area contributed by atoms with Crippen LogP contribution in [0.25, 0.3) is 0 Å². The number of amides is 1. The van der Waals surface area contributed by atoms with E-state index >= 15 is 0 Å². The number of anilines is 1. The number of nitrogens with one attached hydrogen (secondary N) is 1. The number of carbonyl (C=O) groups is 1. The number of pyridine rings is 1. The van der Waals surface area contributed by atoms with Crippen molar-refractivity contribution in [3.05, 3.63) is 23.9 Å². The molecule has 26 heavy (non-hydrogen) atoms. The first-order valence-electron chi connectivity index (χ1n) is 10.2. The molecule has 1 amide bonds. The van der Waals surface area contributed by atoms with Crippen molar-refractivity contribution in [2.24, 2.45) is 5.92 Å². The molecule has 0 spiro atoms. The molecule has 0 aliphatic carbocycles. The van der Waals surface area contributed by atoms with Crippen molar-refractivity contribution in [2.45, 2.75) is 32.2 Å². The third kappa shape index (κ3) is 3.86. The summed E-state index contributed by atoms with van der Waals surface area (Å²) in [7, 11) is 0. The summed E-state index contributed by atoms with van der Waals surface area (Å²) in [6, 6.07) is 4.50. The number of aromatic nitrogens is 1. The topological polar surface area (TPSA) is 51.7 Å². The molecule has 6 nitrogen and oxygen atoms in total. The molecule has 1 N–H and O–H groups in total. The predicted molar refractivity (Wildman–Crippen MR) is 104 cm³/mol. The maximum absolute atomic E-state index is 12.8. The molecular weight excluding hydrogens is 326 g/mol. The molecule has 0 saturated carbocycles. The van der Waals surface area contributed by atoms with E-state index in [2.05, 4.69) is 27.0 Å². The summed E-state index contributed by atoms with van der Waals surface area (Å²) in [5, 5.41) is 3.40. The summed E-state index contributed by atoms with van der Waals surface area (Å²) in [6.45, 7) is 10.5. The first kappa shape index (κ1) is 17.7. The maximum Gasteiger partial charge on any atom is 0.255 e. The quantitative estimate of drug-likeness (QED) is 0.887. The fraction of sp³-hybridized carbons (Fsp3) is 0.700. The first-order chi connectivity index (χ1) is 12.7. The summed E-state index contributed by atoms with van der Waals surface area (Å²) in [5.74, 6) is 1.95. The van der Waals surface area contributed by atoms with Crippen LogP contribution in [0.15, 0.2) is 18.3 Å². The first-order valence-corrected chi connectivity index (χ1v) is 10.2. The molecule has 6 heteroatoms. The van der Waals surface area contributed by atoms with Crippen LogP contribution in [0.5, 0.6) is 0 Å². The number of hydrogen-bond acceptors (Lipinski definition) is 5. The van der Waals surface area contributed by atoms with Crippen LogP contribution in [0.4, 0.5) is 5.82 Å². The van der Waals surface area contributed by atoms with E-state index in [1.54, 1.807) is 6.20 Å². The average molecular weight is 358 g/mol. The van der Waals surface area contributed by atoms with Crippen molar-refractivity contribution < 1.29 is 4.79 Å². The lowest BCUT2D eigenvalue weighted by atomic mass is 9.99. The van der Waals surface area contributed by atoms with E-state index < -0.39 is 0 Å². The molecule has 1 aromatic heterocycles. The predicted octanol–water partition coefficient (Wildman–Crippen LogP) is 1.44. The van der Waals surface area contributed by atoms with Gasteiger partial charge < -0.3 is 15.1 Å². The van der Waals surface area contributed by atoms with Gasteiger partial charge in [0.15, 0.2) is 0 Å². The molecule has 0 bridgehead atoms. The molecule has 3 saturated heterocycles. The number of piperazine rings is 1. The van der Waals surface area contributed by atoms with Gasteiger partial charge in [0.05, 0.1) is 5.56 Å². The van der Waals surface area contributed by atoms with Crippen molar-refractivity contribution in [1.82, 2.24) is 20.1 Å². The SMILES string of the molecule is CC1CCN(c2ccc(C(=O)N3CCC(N4CCNCC4)C3)cn2)CC1. The van der Waals surface area contributed by atoms with E-state index in [9.17, 15) is 4.79 Å². The Hall–Kier alpha value is -1.66. The smallest absolute Gasteiger partial charge is 0.255 e. The third-order valence-electron chi connectivity index (χ3n) is 6.22. The van der Waals surface area contributed by atoms with E-state index in [0.717, 1.165) is 76.1 Å². The van der Waals surface area contributed by atoms with Crippen LogP contribution in [-0.4, -0.2) is 79.1 Å². The Bertz CT molecular complexity index is 605. The number of nitrogens with zero attached hydrogens (tertiary/aromatic N) is 4. The number of likely N-dealkylation sites (tertiary alicyclic amines) is 1. The van der Waals surface area contributed by atoms with Crippen molar-refractivity contribution in [3.8, 4) is 0 Å². The molecule has 4 rings (SSSR count). The average Bonchev–Trinajstić information content (AvgIpc) is 3.19. The summed E-state index contributed by atoms with van der Waals surface area (Å²) in [5.41, 5.74) is 0.722. The maximum atomic E-state index is 12.8. The Morgan fingerprint density at radius 1 is 1.08 bits per heavy atom. The van der Waals surface area contributed by atoms with Crippen LogP contribution >= 0.6 is 0 Å². The minimum atomic E-state index is 0.133. The minimum Gasteiger partial charge on any atom is -0.357 e. The Kier molecular flexibility index (Phi) is 5.41. The highest BCUT2D eigenvalue weighted by atomic mass is 16.2. The lowest BCUT2D eigenvalue weighted by molar-refractivity contribution is 0.0773. The van der Waals surface area contributed by atoms with E-state index in [-0.39, 0.29) is 5.91 Å². The van der Waals surface area contributed by atoms with Crippen LogP contribution in [0.3, 0.4) is 0 Å². The van der Waals surface area contributed by atoms with Crippen LogP contribution in [0.1, 0.15) is 36.5 Å². The van der Waals surface area contributed by atoms with Gasteiger partial charge in [0, 0.05) is 64.6 Å². The molecule has 142 valence electrons. The van der Waals surface area contributed by atoms with Crippen molar-refractivity contribution in [3.63, 3.8) is 0 Å². The van der Waals surface area contributed by atoms with Crippen molar-refractivity contribution in [2.75, 3.05) is 57.3 Å². The summed E-state index contributed by atoms with van der Waals surface area (Å²) < 4.78 is 0. The Morgan fingerprint density at radius 2 is 1.85 bits per heavy atom. The zero-order valence-electron chi connectivity index (χ0n) is 15.9. The number of carbonyl (C=O) groups excluding carboxylic acids is 1. The van der Waals surface area contributed by atoms with Gasteiger partial charge in [-0.1, -0.05) is 6.92 Å². The van der Waals surface area contributed by atoms with E-state index in [4.69, 9.17) is 0 Å². The molecular formula is C20H31N5O. The highest BCUT2D eigenvalue weighted by Gasteiger charge is 2.31. The molecule has 1 aromatic rings. The van der Waals surface area contributed by atoms with Gasteiger partial charge in [-0.25, -0.2) is 4.98 Å². The largest absolute Gasteiger partial charge is 0.357 e. The van der Waals surface area contributed by atoms with Crippen LogP contribution in [0, 0.1) is 5.92 Å². The second-order valence-corrected chi connectivity index (χ2v) is 8.05. The van der Waals surface area contributed by atoms with Gasteiger partial charge in [-0.05, 0) is 37.3 Å². The number of hydrogen-bond donors (Lipinski definition) is 1. The lowest BCUT2D eigenvalue weighted by Gasteiger charge is -2.32. The van der Waals surface area contributed by atoms with Crippen LogP contribution < -0.4 is 10.2 Å². The molecule has 4 heterocycles. The molecule has 3 aliphatic rings. The standard InChI is InChI=1S/C20H31N5O/c1-16-4-9-24(10-5-16)19-3-2-17(14-22-19)20(26)25-11-6-18(15-25)23-12-7-21-8-13-23/h2-3,14,16,18,21H,4-13,15H2,1H3. The molecule has 0 aromatic carbocycles. The second-order valence-electron chi connectivity index (χ2n) is 8.05. The molecule has 3 aliphatic heterocycles. The van der Waals surface area contributed by atoms with E-state index in [0.29, 0.717) is 6.04 Å². The number of rotatable bonds is 3. The van der Waals surface area contributed by atoms with E-state index in [1.165, 1.54) is 12.8 Å². The summed E-state index contributed by atoms with van der Waals surface area (Å²) in [4.78, 5) is 24.3. The summed E-state index contributed by atoms with van der Waals surface area (Å²) >= 11 is 0. The van der Waals surface area contributed by atoms with Gasteiger partial charge in [0.25, 0.3) is 5.91 Å². The Labute approximate surface area is 156 Å². The van der Waals surface area contributed by atoms with Crippen LogP contribution in [0.2, 0.25) is 0 Å². The van der Waals surface area contributed by atoms with Crippen LogP contribution in [-0.2, 0) is 0 Å². The molecule has 3 fully saturated rings. The van der Waals surface area contributed by atoms with Crippen molar-refractivity contribution in [1.29, 1.82) is 0 Å². The second kappa shape index (κ2) is 7.92. The Morgan fingerprint density at radius 3 is 2.54 bits per heavy atom. The normalized spacial score (nSPS) is 25.7. The molecule has 1 atom stereocenters. The number of piperidine rings is 1. The molecule has 0 radical (unpaired) electrons. The molecule has 1 unspecified atom stereocenters. The zero-order valence-corrected chi connectivity index (χ0v) is 15.9. The zero-order chi connectivity index (χ0) is 17.9. The van der Waals surface area contributed by atoms with Gasteiger partial charge >= 0.3 is 0 Å².